The Labute approximate surface area is 103 Å². The molecule has 1 heterocycles. The van der Waals surface area contributed by atoms with Gasteiger partial charge in [-0.05, 0) is 26.2 Å². The van der Waals surface area contributed by atoms with Crippen LogP contribution in [0.4, 0.5) is 0 Å². The Morgan fingerprint density at radius 3 is 2.35 bits per heavy atom. The van der Waals surface area contributed by atoms with Crippen molar-refractivity contribution in [2.24, 2.45) is 0 Å². The molecule has 0 aromatic carbocycles. The summed E-state index contributed by atoms with van der Waals surface area (Å²) in [6.07, 6.45) is 2.06. The molecule has 0 bridgehead atoms. The van der Waals surface area contributed by atoms with Gasteiger partial charge in [-0.15, -0.1) is 0 Å². The van der Waals surface area contributed by atoms with Crippen molar-refractivity contribution in [3.8, 4) is 0 Å². The van der Waals surface area contributed by atoms with E-state index in [0.717, 1.165) is 12.8 Å². The standard InChI is InChI=1S/C11H20N2O3S/c1-3-10-11(14)12(4-2)7-8-13(10)17(15,16)9-5-6-9/h9-10H,3-8H2,1-2H3. The quantitative estimate of drug-likeness (QED) is 0.736. The van der Waals surface area contributed by atoms with E-state index in [1.807, 2.05) is 13.8 Å². The zero-order valence-corrected chi connectivity index (χ0v) is 11.2. The maximum Gasteiger partial charge on any atom is 0.241 e. The van der Waals surface area contributed by atoms with E-state index in [9.17, 15) is 13.2 Å². The van der Waals surface area contributed by atoms with Gasteiger partial charge in [0.15, 0.2) is 0 Å². The molecule has 2 aliphatic rings. The van der Waals surface area contributed by atoms with Crippen molar-refractivity contribution in [2.45, 2.75) is 44.4 Å². The molecule has 0 radical (unpaired) electrons. The van der Waals surface area contributed by atoms with Crippen molar-refractivity contribution in [1.29, 1.82) is 0 Å². The molecule has 2 rings (SSSR count). The molecular formula is C11H20N2O3S. The SMILES string of the molecule is CCC1C(=O)N(CC)CCN1S(=O)(=O)C1CC1. The molecule has 1 saturated carbocycles. The molecule has 6 heteroatoms. The van der Waals surface area contributed by atoms with Crippen LogP contribution in [0, 0.1) is 0 Å². The first-order valence-corrected chi connectivity index (χ1v) is 7.82. The Hall–Kier alpha value is -0.620. The maximum atomic E-state index is 12.2. The number of carbonyl (C=O) groups is 1. The molecule has 1 amide bonds. The number of carbonyl (C=O) groups excluding carboxylic acids is 1. The summed E-state index contributed by atoms with van der Waals surface area (Å²) in [4.78, 5) is 13.9. The Balaban J connectivity index is 2.21. The lowest BCUT2D eigenvalue weighted by molar-refractivity contribution is -0.138. The summed E-state index contributed by atoms with van der Waals surface area (Å²) in [7, 11) is -3.23. The van der Waals surface area contributed by atoms with Crippen molar-refractivity contribution < 1.29 is 13.2 Å². The van der Waals surface area contributed by atoms with Crippen LogP contribution in [0.5, 0.6) is 0 Å². The lowest BCUT2D eigenvalue weighted by Crippen LogP contribution is -2.58. The number of hydrogen-bond donors (Lipinski definition) is 0. The van der Waals surface area contributed by atoms with Crippen molar-refractivity contribution >= 4 is 15.9 Å². The zero-order valence-electron chi connectivity index (χ0n) is 10.4. The summed E-state index contributed by atoms with van der Waals surface area (Å²) in [5.41, 5.74) is 0. The van der Waals surface area contributed by atoms with E-state index in [2.05, 4.69) is 0 Å². The second-order valence-electron chi connectivity index (χ2n) is 4.70. The van der Waals surface area contributed by atoms with E-state index < -0.39 is 16.1 Å². The van der Waals surface area contributed by atoms with Crippen LogP contribution in [0.1, 0.15) is 33.1 Å². The molecule has 2 fully saturated rings. The van der Waals surface area contributed by atoms with E-state index in [4.69, 9.17) is 0 Å². The monoisotopic (exact) mass is 260 g/mol. The van der Waals surface area contributed by atoms with Crippen LogP contribution in [0.15, 0.2) is 0 Å². The number of amides is 1. The molecule has 1 aliphatic heterocycles. The predicted molar refractivity (Wildman–Crippen MR) is 65.0 cm³/mol. The molecule has 1 aliphatic carbocycles. The Morgan fingerprint density at radius 1 is 1.24 bits per heavy atom. The average Bonchev–Trinajstić information content (AvgIpc) is 3.12. The summed E-state index contributed by atoms with van der Waals surface area (Å²) < 4.78 is 25.9. The van der Waals surface area contributed by atoms with Gasteiger partial charge in [0, 0.05) is 19.6 Å². The molecule has 17 heavy (non-hydrogen) atoms. The number of likely N-dealkylation sites (N-methyl/N-ethyl adjacent to an activating group) is 1. The van der Waals surface area contributed by atoms with Crippen LogP contribution in [0.3, 0.4) is 0 Å². The van der Waals surface area contributed by atoms with Gasteiger partial charge in [0.25, 0.3) is 0 Å². The summed E-state index contributed by atoms with van der Waals surface area (Å²) in [5, 5.41) is -0.225. The van der Waals surface area contributed by atoms with E-state index in [1.54, 1.807) is 4.90 Å². The molecular weight excluding hydrogens is 240 g/mol. The van der Waals surface area contributed by atoms with E-state index in [-0.39, 0.29) is 11.2 Å². The number of hydrogen-bond acceptors (Lipinski definition) is 3. The fourth-order valence-electron chi connectivity index (χ4n) is 2.37. The normalized spacial score (nSPS) is 27.5. The number of rotatable bonds is 4. The number of piperazine rings is 1. The molecule has 0 aromatic heterocycles. The van der Waals surface area contributed by atoms with Crippen molar-refractivity contribution in [1.82, 2.24) is 9.21 Å². The second kappa shape index (κ2) is 4.57. The first-order chi connectivity index (χ1) is 8.02. The predicted octanol–water partition coefficient (Wildman–Crippen LogP) is 0.421. The van der Waals surface area contributed by atoms with Crippen LogP contribution in [0.2, 0.25) is 0 Å². The van der Waals surface area contributed by atoms with Gasteiger partial charge in [-0.3, -0.25) is 4.79 Å². The van der Waals surface area contributed by atoms with Crippen LogP contribution in [-0.2, 0) is 14.8 Å². The van der Waals surface area contributed by atoms with E-state index in [1.165, 1.54) is 4.31 Å². The third-order valence-corrected chi connectivity index (χ3v) is 5.98. The number of sulfonamides is 1. The Morgan fingerprint density at radius 2 is 1.88 bits per heavy atom. The minimum Gasteiger partial charge on any atom is -0.340 e. The highest BCUT2D eigenvalue weighted by Crippen LogP contribution is 2.33. The summed E-state index contributed by atoms with van der Waals surface area (Å²) in [5.74, 6) is -0.0366. The van der Waals surface area contributed by atoms with Gasteiger partial charge in [0.1, 0.15) is 6.04 Å². The van der Waals surface area contributed by atoms with Gasteiger partial charge < -0.3 is 4.90 Å². The molecule has 5 nitrogen and oxygen atoms in total. The fourth-order valence-corrected chi connectivity index (χ4v) is 4.42. The molecule has 0 N–H and O–H groups in total. The van der Waals surface area contributed by atoms with Crippen LogP contribution < -0.4 is 0 Å². The number of nitrogens with zero attached hydrogens (tertiary/aromatic N) is 2. The molecule has 98 valence electrons. The summed E-state index contributed by atoms with van der Waals surface area (Å²) in [6, 6.07) is -0.478. The van der Waals surface area contributed by atoms with E-state index in [0.29, 0.717) is 26.1 Å². The molecule has 1 atom stereocenters. The molecule has 0 spiro atoms. The minimum atomic E-state index is -3.23. The minimum absolute atomic E-state index is 0.0366. The summed E-state index contributed by atoms with van der Waals surface area (Å²) in [6.45, 7) is 5.44. The van der Waals surface area contributed by atoms with Crippen LogP contribution >= 0.6 is 0 Å². The lowest BCUT2D eigenvalue weighted by atomic mass is 10.1. The highest BCUT2D eigenvalue weighted by atomic mass is 32.2. The van der Waals surface area contributed by atoms with Crippen LogP contribution in [0.25, 0.3) is 0 Å². The average molecular weight is 260 g/mol. The maximum absolute atomic E-state index is 12.2. The van der Waals surface area contributed by atoms with Gasteiger partial charge in [-0.25, -0.2) is 8.42 Å². The first kappa shape index (κ1) is 12.8. The lowest BCUT2D eigenvalue weighted by Gasteiger charge is -2.39. The Kier molecular flexibility index (Phi) is 3.45. The third-order valence-electron chi connectivity index (χ3n) is 3.58. The van der Waals surface area contributed by atoms with Crippen molar-refractivity contribution in [2.75, 3.05) is 19.6 Å². The van der Waals surface area contributed by atoms with Gasteiger partial charge in [0.2, 0.25) is 15.9 Å². The van der Waals surface area contributed by atoms with Gasteiger partial charge in [-0.1, -0.05) is 6.92 Å². The van der Waals surface area contributed by atoms with Gasteiger partial charge >= 0.3 is 0 Å². The first-order valence-electron chi connectivity index (χ1n) is 6.31. The Bertz CT molecular complexity index is 403. The topological polar surface area (TPSA) is 57.7 Å². The van der Waals surface area contributed by atoms with Crippen molar-refractivity contribution in [3.63, 3.8) is 0 Å². The fraction of sp³-hybridized carbons (Fsp3) is 0.909. The summed E-state index contributed by atoms with van der Waals surface area (Å²) >= 11 is 0. The molecule has 1 saturated heterocycles. The largest absolute Gasteiger partial charge is 0.340 e. The highest BCUT2D eigenvalue weighted by molar-refractivity contribution is 7.90. The molecule has 1 unspecified atom stereocenters. The van der Waals surface area contributed by atoms with Crippen LogP contribution in [-0.4, -0.2) is 54.5 Å². The molecule has 0 aromatic rings. The second-order valence-corrected chi connectivity index (χ2v) is 6.86. The van der Waals surface area contributed by atoms with Crippen molar-refractivity contribution in [3.05, 3.63) is 0 Å². The zero-order chi connectivity index (χ0) is 12.6. The van der Waals surface area contributed by atoms with Gasteiger partial charge in [-0.2, -0.15) is 4.31 Å². The smallest absolute Gasteiger partial charge is 0.241 e. The van der Waals surface area contributed by atoms with E-state index >= 15 is 0 Å². The van der Waals surface area contributed by atoms with Gasteiger partial charge in [0.05, 0.1) is 5.25 Å². The highest BCUT2D eigenvalue weighted by Gasteiger charge is 2.46. The third kappa shape index (κ3) is 2.20.